The minimum absolute atomic E-state index is 0.319. The van der Waals surface area contributed by atoms with Crippen molar-refractivity contribution in [2.24, 2.45) is 0 Å². The lowest BCUT2D eigenvalue weighted by molar-refractivity contribution is 0.415. The van der Waals surface area contributed by atoms with Crippen LogP contribution in [0.4, 0.5) is 4.39 Å². The molecule has 0 aliphatic carbocycles. The summed E-state index contributed by atoms with van der Waals surface area (Å²) in [5.41, 5.74) is 1.35. The summed E-state index contributed by atoms with van der Waals surface area (Å²) in [7, 11) is 1.55. The number of benzene rings is 1. The first-order valence-electron chi connectivity index (χ1n) is 5.58. The highest BCUT2D eigenvalue weighted by atomic mass is 32.1. The summed E-state index contributed by atoms with van der Waals surface area (Å²) in [6.07, 6.45) is 0.731. The molecular weight excluding hydrogens is 251 g/mol. The molecule has 1 aromatic carbocycles. The highest BCUT2D eigenvalue weighted by Gasteiger charge is 2.09. The maximum absolute atomic E-state index is 13.3. The van der Waals surface area contributed by atoms with Crippen molar-refractivity contribution >= 4 is 12.2 Å². The fraction of sp³-hybridized carbons (Fsp3) is 0.231. The third-order valence-electron chi connectivity index (χ3n) is 2.58. The van der Waals surface area contributed by atoms with Crippen LogP contribution >= 0.6 is 12.2 Å². The average molecular weight is 264 g/mol. The average Bonchev–Trinajstić information content (AvgIpc) is 2.38. The van der Waals surface area contributed by atoms with Gasteiger partial charge in [-0.1, -0.05) is 19.1 Å². The summed E-state index contributed by atoms with van der Waals surface area (Å²) >= 11 is 5.10. The molecule has 18 heavy (non-hydrogen) atoms. The van der Waals surface area contributed by atoms with E-state index in [4.69, 9.17) is 17.0 Å². The van der Waals surface area contributed by atoms with Crippen LogP contribution in [0.25, 0.3) is 11.3 Å². The number of aromatic nitrogens is 2. The highest BCUT2D eigenvalue weighted by molar-refractivity contribution is 7.71. The van der Waals surface area contributed by atoms with Crippen molar-refractivity contribution in [3.63, 3.8) is 0 Å². The molecule has 2 rings (SSSR count). The Morgan fingerprint density at radius 3 is 2.83 bits per heavy atom. The summed E-state index contributed by atoms with van der Waals surface area (Å²) in [5.74, 6) is 1.04. The van der Waals surface area contributed by atoms with Gasteiger partial charge in [0.05, 0.1) is 12.8 Å². The zero-order valence-corrected chi connectivity index (χ0v) is 11.0. The van der Waals surface area contributed by atoms with E-state index in [-0.39, 0.29) is 5.82 Å². The molecule has 0 saturated carbocycles. The zero-order valence-electron chi connectivity index (χ0n) is 10.2. The number of ether oxygens (including phenoxy) is 1. The predicted octanol–water partition coefficient (Wildman–Crippen LogP) is 3.52. The first kappa shape index (κ1) is 12.7. The van der Waals surface area contributed by atoms with Crippen molar-refractivity contribution in [3.8, 4) is 17.0 Å². The maximum atomic E-state index is 13.3. The van der Waals surface area contributed by atoms with Gasteiger partial charge in [-0.05, 0) is 24.3 Å². The molecule has 1 N–H and O–H groups in total. The van der Waals surface area contributed by atoms with Crippen LogP contribution in [0, 0.1) is 10.5 Å². The fourth-order valence-corrected chi connectivity index (χ4v) is 1.94. The molecule has 0 amide bonds. The SMILES string of the molecule is CCc1nc(=S)cc(-c2cc(F)ccc2OC)[nH]1. The molecule has 3 nitrogen and oxygen atoms in total. The molecule has 0 fully saturated rings. The Balaban J connectivity index is 2.64. The molecule has 1 heterocycles. The molecule has 5 heteroatoms. The maximum Gasteiger partial charge on any atom is 0.130 e. The normalized spacial score (nSPS) is 10.4. The van der Waals surface area contributed by atoms with Gasteiger partial charge in [0.25, 0.3) is 0 Å². The Morgan fingerprint density at radius 2 is 2.17 bits per heavy atom. The van der Waals surface area contributed by atoms with E-state index in [1.54, 1.807) is 19.2 Å². The lowest BCUT2D eigenvalue weighted by Crippen LogP contribution is -1.97. The molecule has 0 aliphatic rings. The Labute approximate surface area is 110 Å². The molecule has 0 atom stereocenters. The van der Waals surface area contributed by atoms with Gasteiger partial charge in [0.15, 0.2) is 0 Å². The van der Waals surface area contributed by atoms with Gasteiger partial charge in [-0.25, -0.2) is 9.37 Å². The van der Waals surface area contributed by atoms with Crippen LogP contribution in [0.15, 0.2) is 24.3 Å². The molecule has 2 aromatic rings. The number of nitrogens with zero attached hydrogens (tertiary/aromatic N) is 1. The van der Waals surface area contributed by atoms with Crippen molar-refractivity contribution in [2.45, 2.75) is 13.3 Å². The molecule has 0 spiro atoms. The second kappa shape index (κ2) is 5.27. The molecule has 0 aliphatic heterocycles. The van der Waals surface area contributed by atoms with E-state index >= 15 is 0 Å². The van der Waals surface area contributed by atoms with Crippen LogP contribution in [-0.4, -0.2) is 17.1 Å². The number of aromatic amines is 1. The van der Waals surface area contributed by atoms with Crippen LogP contribution in [0.3, 0.4) is 0 Å². The van der Waals surface area contributed by atoms with E-state index in [1.807, 2.05) is 6.92 Å². The summed E-state index contributed by atoms with van der Waals surface area (Å²) in [6, 6.07) is 6.07. The lowest BCUT2D eigenvalue weighted by Gasteiger charge is -2.09. The zero-order chi connectivity index (χ0) is 13.1. The van der Waals surface area contributed by atoms with Crippen molar-refractivity contribution < 1.29 is 9.13 Å². The van der Waals surface area contributed by atoms with Crippen molar-refractivity contribution in [1.82, 2.24) is 9.97 Å². The van der Waals surface area contributed by atoms with Crippen molar-refractivity contribution in [1.29, 1.82) is 0 Å². The lowest BCUT2D eigenvalue weighted by atomic mass is 10.1. The van der Waals surface area contributed by atoms with E-state index < -0.39 is 0 Å². The van der Waals surface area contributed by atoms with Gasteiger partial charge in [-0.15, -0.1) is 0 Å². The number of rotatable bonds is 3. The molecule has 0 unspecified atom stereocenters. The monoisotopic (exact) mass is 264 g/mol. The molecule has 0 radical (unpaired) electrons. The Hall–Kier alpha value is -1.75. The summed E-state index contributed by atoms with van der Waals surface area (Å²) in [6.45, 7) is 1.97. The Morgan fingerprint density at radius 1 is 1.39 bits per heavy atom. The van der Waals surface area contributed by atoms with Crippen LogP contribution < -0.4 is 4.74 Å². The number of nitrogens with one attached hydrogen (secondary N) is 1. The molecule has 0 bridgehead atoms. The molecule has 0 saturated heterocycles. The van der Waals surface area contributed by atoms with E-state index in [0.717, 1.165) is 12.2 Å². The summed E-state index contributed by atoms with van der Waals surface area (Å²) < 4.78 is 19.0. The summed E-state index contributed by atoms with van der Waals surface area (Å²) in [4.78, 5) is 7.31. The van der Waals surface area contributed by atoms with Crippen molar-refractivity contribution in [2.75, 3.05) is 7.11 Å². The van der Waals surface area contributed by atoms with Gasteiger partial charge in [-0.2, -0.15) is 0 Å². The number of hydrogen-bond acceptors (Lipinski definition) is 3. The second-order valence-corrected chi connectivity index (χ2v) is 4.20. The first-order chi connectivity index (χ1) is 8.63. The largest absolute Gasteiger partial charge is 0.496 e. The van der Waals surface area contributed by atoms with Crippen LogP contribution in [0.2, 0.25) is 0 Å². The van der Waals surface area contributed by atoms with Gasteiger partial charge in [0.2, 0.25) is 0 Å². The van der Waals surface area contributed by atoms with Gasteiger partial charge in [0.1, 0.15) is 22.0 Å². The van der Waals surface area contributed by atoms with Gasteiger partial charge in [-0.3, -0.25) is 0 Å². The van der Waals surface area contributed by atoms with E-state index in [9.17, 15) is 4.39 Å². The van der Waals surface area contributed by atoms with E-state index in [2.05, 4.69) is 9.97 Å². The van der Waals surface area contributed by atoms with Crippen LogP contribution in [0.5, 0.6) is 5.75 Å². The van der Waals surface area contributed by atoms with E-state index in [1.165, 1.54) is 12.1 Å². The third kappa shape index (κ3) is 2.56. The molecule has 1 aromatic heterocycles. The number of methoxy groups -OCH3 is 1. The second-order valence-electron chi connectivity index (χ2n) is 3.78. The number of H-pyrrole nitrogens is 1. The number of halogens is 1. The first-order valence-corrected chi connectivity index (χ1v) is 5.99. The van der Waals surface area contributed by atoms with Crippen molar-refractivity contribution in [3.05, 3.63) is 40.5 Å². The minimum atomic E-state index is -0.319. The predicted molar refractivity (Wildman–Crippen MR) is 70.7 cm³/mol. The Kier molecular flexibility index (Phi) is 3.72. The van der Waals surface area contributed by atoms with E-state index in [0.29, 0.717) is 21.6 Å². The number of hydrogen-bond donors (Lipinski definition) is 1. The number of aryl methyl sites for hydroxylation is 1. The topological polar surface area (TPSA) is 37.9 Å². The quantitative estimate of drug-likeness (QED) is 0.862. The smallest absolute Gasteiger partial charge is 0.130 e. The molecule has 94 valence electrons. The molecular formula is C13H13FN2OS. The third-order valence-corrected chi connectivity index (χ3v) is 2.79. The van der Waals surface area contributed by atoms with Gasteiger partial charge >= 0.3 is 0 Å². The Bertz CT molecular complexity index is 625. The minimum Gasteiger partial charge on any atom is -0.496 e. The fourth-order valence-electron chi connectivity index (χ4n) is 1.71. The summed E-state index contributed by atoms with van der Waals surface area (Å²) in [5, 5.41) is 0. The standard InChI is InChI=1S/C13H13FN2OS/c1-3-12-15-10(7-13(18)16-12)9-6-8(14)4-5-11(9)17-2/h4-7H,3H2,1-2H3,(H,15,16,18). The van der Waals surface area contributed by atoms with Gasteiger partial charge in [0, 0.05) is 12.0 Å². The highest BCUT2D eigenvalue weighted by Crippen LogP contribution is 2.29. The van der Waals surface area contributed by atoms with Crippen LogP contribution in [0.1, 0.15) is 12.7 Å². The van der Waals surface area contributed by atoms with Gasteiger partial charge < -0.3 is 9.72 Å². The van der Waals surface area contributed by atoms with Crippen LogP contribution in [-0.2, 0) is 6.42 Å².